The molecule has 6 heteroatoms. The molecule has 0 bridgehead atoms. The van der Waals surface area contributed by atoms with Crippen molar-refractivity contribution in [1.82, 2.24) is 4.98 Å². The maximum absolute atomic E-state index is 12.5. The Kier molecular flexibility index (Phi) is 4.79. The highest BCUT2D eigenvalue weighted by molar-refractivity contribution is 7.15. The van der Waals surface area contributed by atoms with E-state index in [2.05, 4.69) is 11.9 Å². The van der Waals surface area contributed by atoms with Crippen LogP contribution in [0.1, 0.15) is 17.4 Å². The minimum atomic E-state index is -1.19. The molecule has 0 unspecified atom stereocenters. The number of carbonyl (C=O) groups excluding carboxylic acids is 1. The SMILES string of the molecule is CCc1ccc(-c2nc(-c3cc4ccccc4oc3=O)sc2CC(=O)[O-])cc1. The molecule has 2 heterocycles. The largest absolute Gasteiger partial charge is 0.550 e. The zero-order valence-electron chi connectivity index (χ0n) is 15.1. The number of rotatable bonds is 5. The van der Waals surface area contributed by atoms with E-state index >= 15 is 0 Å². The second kappa shape index (κ2) is 7.40. The Morgan fingerprint density at radius 1 is 1.14 bits per heavy atom. The summed E-state index contributed by atoms with van der Waals surface area (Å²) in [7, 11) is 0. The van der Waals surface area contributed by atoms with E-state index in [4.69, 9.17) is 4.42 Å². The number of carboxylic acid groups (broad SMARTS) is 1. The summed E-state index contributed by atoms with van der Waals surface area (Å²) >= 11 is 1.18. The molecule has 4 rings (SSSR count). The summed E-state index contributed by atoms with van der Waals surface area (Å²) in [5, 5.41) is 12.4. The number of carboxylic acids is 1. The average molecular weight is 390 g/mol. The quantitative estimate of drug-likeness (QED) is 0.488. The molecule has 4 aromatic rings. The summed E-state index contributed by atoms with van der Waals surface area (Å²) in [6, 6.07) is 16.8. The highest BCUT2D eigenvalue weighted by Crippen LogP contribution is 2.34. The molecular weight excluding hydrogens is 374 g/mol. The van der Waals surface area contributed by atoms with Gasteiger partial charge in [0.15, 0.2) is 0 Å². The highest BCUT2D eigenvalue weighted by Gasteiger charge is 2.18. The third-order valence-electron chi connectivity index (χ3n) is 4.51. The van der Waals surface area contributed by atoms with Gasteiger partial charge in [-0.2, -0.15) is 0 Å². The molecule has 2 aromatic heterocycles. The lowest BCUT2D eigenvalue weighted by atomic mass is 10.1. The molecule has 0 N–H and O–H groups in total. The van der Waals surface area contributed by atoms with Gasteiger partial charge in [-0.05, 0) is 24.1 Å². The van der Waals surface area contributed by atoms with Crippen molar-refractivity contribution in [3.63, 3.8) is 0 Å². The van der Waals surface area contributed by atoms with Gasteiger partial charge in [0, 0.05) is 28.2 Å². The fraction of sp³-hybridized carbons (Fsp3) is 0.136. The fourth-order valence-electron chi connectivity index (χ4n) is 3.05. The Bertz CT molecular complexity index is 1220. The molecular formula is C22H16NO4S-. The number of hydrogen-bond acceptors (Lipinski definition) is 6. The molecule has 0 spiro atoms. The first-order valence-electron chi connectivity index (χ1n) is 8.87. The van der Waals surface area contributed by atoms with Crippen molar-refractivity contribution < 1.29 is 14.3 Å². The predicted octanol–water partition coefficient (Wildman–Crippen LogP) is 3.44. The minimum Gasteiger partial charge on any atom is -0.550 e. The van der Waals surface area contributed by atoms with Gasteiger partial charge >= 0.3 is 5.63 Å². The van der Waals surface area contributed by atoms with Crippen molar-refractivity contribution in [2.75, 3.05) is 0 Å². The number of hydrogen-bond donors (Lipinski definition) is 0. The Morgan fingerprint density at radius 2 is 1.89 bits per heavy atom. The summed E-state index contributed by atoms with van der Waals surface area (Å²) in [4.78, 5) is 28.8. The Labute approximate surface area is 164 Å². The van der Waals surface area contributed by atoms with Crippen molar-refractivity contribution in [1.29, 1.82) is 0 Å². The predicted molar refractivity (Wildman–Crippen MR) is 107 cm³/mol. The number of aryl methyl sites for hydroxylation is 1. The van der Waals surface area contributed by atoms with E-state index in [0.29, 0.717) is 26.7 Å². The summed E-state index contributed by atoms with van der Waals surface area (Å²) in [5.74, 6) is -1.19. The Hall–Kier alpha value is -3.25. The lowest BCUT2D eigenvalue weighted by Gasteiger charge is -2.04. The third kappa shape index (κ3) is 3.46. The monoisotopic (exact) mass is 390 g/mol. The first kappa shape index (κ1) is 18.1. The van der Waals surface area contributed by atoms with Crippen LogP contribution in [-0.2, 0) is 17.6 Å². The van der Waals surface area contributed by atoms with E-state index in [0.717, 1.165) is 17.4 Å². The van der Waals surface area contributed by atoms with Crippen LogP contribution in [0.4, 0.5) is 0 Å². The van der Waals surface area contributed by atoms with Gasteiger partial charge in [0.25, 0.3) is 0 Å². The zero-order valence-corrected chi connectivity index (χ0v) is 15.9. The number of para-hydroxylation sites is 1. The van der Waals surface area contributed by atoms with Gasteiger partial charge in [0.1, 0.15) is 10.6 Å². The van der Waals surface area contributed by atoms with Crippen LogP contribution in [-0.4, -0.2) is 11.0 Å². The number of aliphatic carboxylic acids is 1. The standard InChI is InChI=1S/C22H17NO4S/c1-2-13-7-9-14(10-8-13)20-18(12-19(24)25)28-21(23-20)16-11-15-5-3-4-6-17(15)27-22(16)26/h3-11H,2,12H2,1H3,(H,24,25)/p-1. The van der Waals surface area contributed by atoms with Crippen LogP contribution in [0.3, 0.4) is 0 Å². The topological polar surface area (TPSA) is 83.2 Å². The number of nitrogens with zero attached hydrogens (tertiary/aromatic N) is 1. The highest BCUT2D eigenvalue weighted by atomic mass is 32.1. The molecule has 0 atom stereocenters. The van der Waals surface area contributed by atoms with Gasteiger partial charge in [-0.1, -0.05) is 49.4 Å². The second-order valence-electron chi connectivity index (χ2n) is 6.38. The molecule has 0 radical (unpaired) electrons. The van der Waals surface area contributed by atoms with Crippen molar-refractivity contribution in [2.24, 2.45) is 0 Å². The summed E-state index contributed by atoms with van der Waals surface area (Å²) in [5.41, 5.74) is 2.86. The number of aromatic nitrogens is 1. The molecule has 0 aliphatic carbocycles. The van der Waals surface area contributed by atoms with Gasteiger partial charge in [-0.3, -0.25) is 0 Å². The normalized spacial score (nSPS) is 11.0. The second-order valence-corrected chi connectivity index (χ2v) is 7.46. The average Bonchev–Trinajstić information content (AvgIpc) is 3.10. The van der Waals surface area contributed by atoms with Crippen LogP contribution in [0.5, 0.6) is 0 Å². The third-order valence-corrected chi connectivity index (χ3v) is 5.60. The maximum Gasteiger partial charge on any atom is 0.346 e. The van der Waals surface area contributed by atoms with Crippen molar-refractivity contribution in [2.45, 2.75) is 19.8 Å². The van der Waals surface area contributed by atoms with E-state index in [1.165, 1.54) is 16.9 Å². The number of carbonyl (C=O) groups is 1. The molecule has 0 amide bonds. The molecule has 0 saturated heterocycles. The Balaban J connectivity index is 1.86. The lowest BCUT2D eigenvalue weighted by Crippen LogP contribution is -2.24. The molecule has 140 valence electrons. The first-order chi connectivity index (χ1) is 13.5. The maximum atomic E-state index is 12.5. The first-order valence-corrected chi connectivity index (χ1v) is 9.69. The number of benzene rings is 2. The Morgan fingerprint density at radius 3 is 2.61 bits per heavy atom. The van der Waals surface area contributed by atoms with Gasteiger partial charge in [-0.25, -0.2) is 9.78 Å². The molecule has 28 heavy (non-hydrogen) atoms. The van der Waals surface area contributed by atoms with E-state index < -0.39 is 11.6 Å². The van der Waals surface area contributed by atoms with Crippen molar-refractivity contribution >= 4 is 28.3 Å². The van der Waals surface area contributed by atoms with Gasteiger partial charge < -0.3 is 14.3 Å². The lowest BCUT2D eigenvalue weighted by molar-refractivity contribution is -0.304. The van der Waals surface area contributed by atoms with E-state index in [1.807, 2.05) is 36.4 Å². The van der Waals surface area contributed by atoms with Crippen LogP contribution < -0.4 is 10.7 Å². The van der Waals surface area contributed by atoms with Crippen LogP contribution >= 0.6 is 11.3 Å². The number of fused-ring (bicyclic) bond motifs is 1. The van der Waals surface area contributed by atoms with E-state index in [1.54, 1.807) is 18.2 Å². The molecule has 0 aliphatic heterocycles. The van der Waals surface area contributed by atoms with Crippen molar-refractivity contribution in [3.05, 3.63) is 75.5 Å². The molecule has 0 fully saturated rings. The number of thiazole rings is 1. The summed E-state index contributed by atoms with van der Waals surface area (Å²) < 4.78 is 5.40. The van der Waals surface area contributed by atoms with Gasteiger partial charge in [0.05, 0.1) is 11.3 Å². The van der Waals surface area contributed by atoms with Crippen LogP contribution in [0.2, 0.25) is 0 Å². The summed E-state index contributed by atoms with van der Waals surface area (Å²) in [6.07, 6.45) is 0.647. The van der Waals surface area contributed by atoms with Crippen molar-refractivity contribution in [3.8, 4) is 21.8 Å². The van der Waals surface area contributed by atoms with Gasteiger partial charge in [0.2, 0.25) is 0 Å². The molecule has 5 nitrogen and oxygen atoms in total. The van der Waals surface area contributed by atoms with E-state index in [-0.39, 0.29) is 6.42 Å². The molecule has 0 saturated carbocycles. The van der Waals surface area contributed by atoms with Crippen LogP contribution in [0.25, 0.3) is 32.8 Å². The minimum absolute atomic E-state index is 0.262. The van der Waals surface area contributed by atoms with Crippen LogP contribution in [0, 0.1) is 0 Å². The van der Waals surface area contributed by atoms with Gasteiger partial charge in [-0.15, -0.1) is 11.3 Å². The molecule has 0 aliphatic rings. The van der Waals surface area contributed by atoms with Crippen LogP contribution in [0.15, 0.2) is 63.8 Å². The molecule has 2 aromatic carbocycles. The smallest absolute Gasteiger partial charge is 0.346 e. The van der Waals surface area contributed by atoms with E-state index in [9.17, 15) is 14.7 Å². The zero-order chi connectivity index (χ0) is 19.7. The summed E-state index contributed by atoms with van der Waals surface area (Å²) in [6.45, 7) is 2.07. The fourth-order valence-corrected chi connectivity index (χ4v) is 4.13.